The highest BCUT2D eigenvalue weighted by Crippen LogP contribution is 2.43. The molecule has 0 heterocycles. The van der Waals surface area contributed by atoms with E-state index in [9.17, 15) is 0 Å². The van der Waals surface area contributed by atoms with Crippen LogP contribution in [0, 0.1) is 27.7 Å². The van der Waals surface area contributed by atoms with Crippen LogP contribution >= 0.6 is 0 Å². The van der Waals surface area contributed by atoms with E-state index in [2.05, 4.69) is 173 Å². The van der Waals surface area contributed by atoms with Crippen molar-refractivity contribution >= 4 is 21.5 Å². The normalized spacial score (nSPS) is 10.9. The molecule has 0 amide bonds. The van der Waals surface area contributed by atoms with Crippen LogP contribution in [0.1, 0.15) is 22.3 Å². The fraction of sp³-hybridized carbons (Fsp3) is 0.0952. The quantitative estimate of drug-likeness (QED) is 0.196. The molecular weight excluding hydrogens is 504 g/mol. The first kappa shape index (κ1) is 27.2. The van der Waals surface area contributed by atoms with Crippen molar-refractivity contribution in [3.05, 3.63) is 168 Å². The summed E-state index contributed by atoms with van der Waals surface area (Å²) in [5.74, 6) is 0. The minimum atomic E-state index is 1.27. The molecule has 0 spiro atoms. The van der Waals surface area contributed by atoms with Crippen LogP contribution in [0.4, 0.5) is 0 Å². The van der Waals surface area contributed by atoms with Gasteiger partial charge in [-0.2, -0.15) is 0 Å². The van der Waals surface area contributed by atoms with Crippen LogP contribution in [-0.2, 0) is 0 Å². The van der Waals surface area contributed by atoms with Gasteiger partial charge < -0.3 is 0 Å². The highest BCUT2D eigenvalue weighted by molar-refractivity contribution is 6.21. The van der Waals surface area contributed by atoms with E-state index in [0.717, 1.165) is 0 Å². The molecule has 0 saturated carbocycles. The van der Waals surface area contributed by atoms with Crippen LogP contribution in [0.15, 0.2) is 146 Å². The first-order valence-electron chi connectivity index (χ1n) is 14.7. The van der Waals surface area contributed by atoms with Gasteiger partial charge in [0.15, 0.2) is 0 Å². The van der Waals surface area contributed by atoms with Crippen molar-refractivity contribution in [2.24, 2.45) is 0 Å². The summed E-state index contributed by atoms with van der Waals surface area (Å²) in [6.07, 6.45) is 0. The lowest BCUT2D eigenvalue weighted by Gasteiger charge is -2.17. The second kappa shape index (κ2) is 11.9. The molecule has 7 aromatic rings. The lowest BCUT2D eigenvalue weighted by atomic mass is 9.86. The molecule has 0 aliphatic heterocycles. The molecule has 0 bridgehead atoms. The van der Waals surface area contributed by atoms with Gasteiger partial charge in [-0.15, -0.1) is 0 Å². The summed E-state index contributed by atoms with van der Waals surface area (Å²) in [5.41, 5.74) is 12.9. The highest BCUT2D eigenvalue weighted by atomic mass is 14.2. The first-order chi connectivity index (χ1) is 20.5. The molecule has 0 aliphatic carbocycles. The Bertz CT molecular complexity index is 1750. The van der Waals surface area contributed by atoms with Gasteiger partial charge in [-0.25, -0.2) is 0 Å². The van der Waals surface area contributed by atoms with Gasteiger partial charge in [0.05, 0.1) is 0 Å². The first-order valence-corrected chi connectivity index (χ1v) is 14.7. The topological polar surface area (TPSA) is 0 Å². The predicted octanol–water partition coefficient (Wildman–Crippen LogP) is 11.9. The van der Waals surface area contributed by atoms with E-state index in [-0.39, 0.29) is 0 Å². The van der Waals surface area contributed by atoms with Gasteiger partial charge in [-0.05, 0) is 82.6 Å². The zero-order chi connectivity index (χ0) is 29.1. The zero-order valence-electron chi connectivity index (χ0n) is 24.9. The summed E-state index contributed by atoms with van der Waals surface area (Å²) in [4.78, 5) is 0. The lowest BCUT2D eigenvalue weighted by molar-refractivity contribution is 1.45. The second-order valence-corrected chi connectivity index (χ2v) is 11.3. The molecule has 42 heavy (non-hydrogen) atoms. The Morgan fingerprint density at radius 2 is 0.452 bits per heavy atom. The molecule has 0 aromatic heterocycles. The van der Waals surface area contributed by atoms with Crippen molar-refractivity contribution in [2.75, 3.05) is 0 Å². The van der Waals surface area contributed by atoms with Crippen molar-refractivity contribution in [3.63, 3.8) is 0 Å². The van der Waals surface area contributed by atoms with Crippen molar-refractivity contribution in [1.82, 2.24) is 0 Å². The van der Waals surface area contributed by atoms with Crippen LogP contribution in [0.25, 0.3) is 54.9 Å². The standard InChI is InChI=1S/C28H22.C14H14/c1-19-11-15-21(16-12-19)27-23-7-3-5-9-25(23)28(22-17-13-20(2)14-18-22)26-10-6-4-8-24(26)27;1-11-3-7-13(8-4-11)14-9-5-12(2)6-10-14/h3-18H,1-2H3;3-10H,1-2H3. The number of rotatable bonds is 3. The molecule has 7 rings (SSSR count). The van der Waals surface area contributed by atoms with Crippen molar-refractivity contribution in [3.8, 4) is 33.4 Å². The molecule has 7 aromatic carbocycles. The third kappa shape index (κ3) is 5.62. The van der Waals surface area contributed by atoms with Gasteiger partial charge in [0, 0.05) is 0 Å². The summed E-state index contributed by atoms with van der Waals surface area (Å²) < 4.78 is 0. The zero-order valence-corrected chi connectivity index (χ0v) is 24.9. The Labute approximate surface area is 249 Å². The van der Waals surface area contributed by atoms with Crippen molar-refractivity contribution in [2.45, 2.75) is 27.7 Å². The maximum atomic E-state index is 2.26. The van der Waals surface area contributed by atoms with Crippen molar-refractivity contribution < 1.29 is 0 Å². The summed E-state index contributed by atoms with van der Waals surface area (Å²) in [5, 5.41) is 5.22. The van der Waals surface area contributed by atoms with Gasteiger partial charge >= 0.3 is 0 Å². The SMILES string of the molecule is Cc1ccc(-c2c3ccccc3c(-c3ccc(C)cc3)c3ccccc23)cc1.Cc1ccc(-c2ccc(C)cc2)cc1. The van der Waals surface area contributed by atoms with E-state index in [0.29, 0.717) is 0 Å². The fourth-order valence-electron chi connectivity index (χ4n) is 5.68. The summed E-state index contributed by atoms with van der Waals surface area (Å²) in [6, 6.07) is 52.7. The largest absolute Gasteiger partial charge is 0.0616 e. The van der Waals surface area contributed by atoms with Gasteiger partial charge in [0.25, 0.3) is 0 Å². The van der Waals surface area contributed by atoms with E-state index in [4.69, 9.17) is 0 Å². The average Bonchev–Trinajstić information content (AvgIpc) is 3.02. The van der Waals surface area contributed by atoms with E-state index < -0.39 is 0 Å². The monoisotopic (exact) mass is 540 g/mol. The Morgan fingerprint density at radius 3 is 0.690 bits per heavy atom. The van der Waals surface area contributed by atoms with E-state index >= 15 is 0 Å². The number of aryl methyl sites for hydroxylation is 4. The maximum absolute atomic E-state index is 2.26. The third-order valence-electron chi connectivity index (χ3n) is 8.05. The van der Waals surface area contributed by atoms with Crippen LogP contribution in [0.2, 0.25) is 0 Å². The molecule has 0 aliphatic rings. The number of hydrogen-bond acceptors (Lipinski definition) is 0. The summed E-state index contributed by atoms with van der Waals surface area (Å²) >= 11 is 0. The van der Waals surface area contributed by atoms with Crippen LogP contribution in [0.3, 0.4) is 0 Å². The number of benzene rings is 7. The maximum Gasteiger partial charge on any atom is -0.00264 e. The molecule has 0 N–H and O–H groups in total. The third-order valence-corrected chi connectivity index (χ3v) is 8.05. The van der Waals surface area contributed by atoms with Crippen LogP contribution in [-0.4, -0.2) is 0 Å². The van der Waals surface area contributed by atoms with Gasteiger partial charge in [-0.3, -0.25) is 0 Å². The molecule has 0 radical (unpaired) electrons. The lowest BCUT2D eigenvalue weighted by Crippen LogP contribution is -1.90. The highest BCUT2D eigenvalue weighted by Gasteiger charge is 2.16. The molecular formula is C42H36. The average molecular weight is 541 g/mol. The van der Waals surface area contributed by atoms with Crippen LogP contribution < -0.4 is 0 Å². The molecule has 0 fully saturated rings. The van der Waals surface area contributed by atoms with Gasteiger partial charge in [-0.1, -0.05) is 168 Å². The van der Waals surface area contributed by atoms with E-state index in [1.807, 2.05) is 0 Å². The minimum Gasteiger partial charge on any atom is -0.0616 e. The van der Waals surface area contributed by atoms with Gasteiger partial charge in [0.2, 0.25) is 0 Å². The Hall–Kier alpha value is -4.94. The smallest absolute Gasteiger partial charge is 0.00264 e. The van der Waals surface area contributed by atoms with Crippen LogP contribution in [0.5, 0.6) is 0 Å². The summed E-state index contributed by atoms with van der Waals surface area (Å²) in [6.45, 7) is 8.50. The number of hydrogen-bond donors (Lipinski definition) is 0. The molecule has 204 valence electrons. The summed E-state index contributed by atoms with van der Waals surface area (Å²) in [7, 11) is 0. The predicted molar refractivity (Wildman–Crippen MR) is 183 cm³/mol. The Kier molecular flexibility index (Phi) is 7.71. The van der Waals surface area contributed by atoms with Gasteiger partial charge in [0.1, 0.15) is 0 Å². The fourth-order valence-corrected chi connectivity index (χ4v) is 5.68. The Balaban J connectivity index is 0.000000189. The van der Waals surface area contributed by atoms with E-state index in [1.165, 1.54) is 77.2 Å². The van der Waals surface area contributed by atoms with Crippen molar-refractivity contribution in [1.29, 1.82) is 0 Å². The molecule has 0 atom stereocenters. The molecule has 0 heteroatoms. The minimum absolute atomic E-state index is 1.27. The molecule has 0 nitrogen and oxygen atoms in total. The van der Waals surface area contributed by atoms with E-state index in [1.54, 1.807) is 0 Å². The molecule has 0 saturated heterocycles. The Morgan fingerprint density at radius 1 is 0.238 bits per heavy atom. The number of fused-ring (bicyclic) bond motifs is 2. The molecule has 0 unspecified atom stereocenters. The second-order valence-electron chi connectivity index (χ2n) is 11.3.